The zero-order valence-electron chi connectivity index (χ0n) is 18.6. The Morgan fingerprint density at radius 1 is 1.18 bits per heavy atom. The van der Waals surface area contributed by atoms with E-state index >= 15 is 0 Å². The lowest BCUT2D eigenvalue weighted by molar-refractivity contribution is -0.138. The Balaban J connectivity index is 1.32. The van der Waals surface area contributed by atoms with Crippen molar-refractivity contribution in [3.8, 4) is 0 Å². The molecule has 3 fully saturated rings. The topological polar surface area (TPSA) is 84.9 Å². The van der Waals surface area contributed by atoms with Crippen molar-refractivity contribution >= 4 is 16.3 Å². The number of ether oxygens (including phenoxy) is 2. The fourth-order valence-corrected chi connectivity index (χ4v) is 5.98. The van der Waals surface area contributed by atoms with Gasteiger partial charge in [0.05, 0.1) is 25.2 Å². The molecule has 1 aromatic carbocycles. The van der Waals surface area contributed by atoms with Crippen molar-refractivity contribution in [2.75, 3.05) is 32.9 Å². The van der Waals surface area contributed by atoms with Gasteiger partial charge in [0.2, 0.25) is 5.91 Å². The minimum Gasteiger partial charge on any atom is -0.381 e. The minimum absolute atomic E-state index is 0.00625. The van der Waals surface area contributed by atoms with Gasteiger partial charge in [-0.25, -0.2) is 4.39 Å². The van der Waals surface area contributed by atoms with Crippen molar-refractivity contribution in [2.24, 2.45) is 11.8 Å². The number of piperidine rings is 1. The molecule has 2 saturated heterocycles. The van der Waals surface area contributed by atoms with E-state index in [1.807, 2.05) is 6.07 Å². The normalized spacial score (nSPS) is 31.0. The van der Waals surface area contributed by atoms with Crippen LogP contribution in [-0.2, 0) is 24.7 Å². The maximum absolute atomic E-state index is 13.5. The molecule has 184 valence electrons. The zero-order valence-corrected chi connectivity index (χ0v) is 19.4. The summed E-state index contributed by atoms with van der Waals surface area (Å²) in [5.41, 5.74) is 1.00. The van der Waals surface area contributed by atoms with Crippen molar-refractivity contribution in [3.05, 3.63) is 35.6 Å². The van der Waals surface area contributed by atoms with Gasteiger partial charge in [0.25, 0.3) is 0 Å². The van der Waals surface area contributed by atoms with Crippen LogP contribution in [-0.4, -0.2) is 64.3 Å². The number of amides is 1. The minimum atomic E-state index is -4.85. The SMILES string of the molecule is O=C([C@@H]1CCOC1)N1CCC(NS(=O)(=O)F)C(CO[C@H]2CC[C@@H](c3cccc(F)c3)CC2)C1. The first-order valence-electron chi connectivity index (χ1n) is 11.7. The van der Waals surface area contributed by atoms with Crippen LogP contribution >= 0.6 is 0 Å². The van der Waals surface area contributed by atoms with E-state index in [0.717, 1.165) is 31.2 Å². The van der Waals surface area contributed by atoms with Crippen molar-refractivity contribution in [1.29, 1.82) is 0 Å². The molecule has 0 bridgehead atoms. The van der Waals surface area contributed by atoms with E-state index in [0.29, 0.717) is 45.1 Å². The monoisotopic (exact) mass is 486 g/mol. The van der Waals surface area contributed by atoms with Crippen molar-refractivity contribution in [1.82, 2.24) is 9.62 Å². The summed E-state index contributed by atoms with van der Waals surface area (Å²) in [6.45, 7) is 1.91. The van der Waals surface area contributed by atoms with Crippen LogP contribution in [0.1, 0.15) is 50.0 Å². The number of rotatable bonds is 7. The van der Waals surface area contributed by atoms with Gasteiger partial charge in [-0.1, -0.05) is 16.0 Å². The molecule has 3 aliphatic rings. The third-order valence-corrected chi connectivity index (χ3v) is 7.74. The largest absolute Gasteiger partial charge is 0.381 e. The second-order valence-corrected chi connectivity index (χ2v) is 10.5. The van der Waals surface area contributed by atoms with Gasteiger partial charge < -0.3 is 14.4 Å². The van der Waals surface area contributed by atoms with E-state index in [9.17, 15) is 21.5 Å². The van der Waals surface area contributed by atoms with Crippen molar-refractivity contribution < 1.29 is 31.0 Å². The number of benzene rings is 1. The lowest BCUT2D eigenvalue weighted by Gasteiger charge is -2.40. The van der Waals surface area contributed by atoms with Crippen molar-refractivity contribution in [3.63, 3.8) is 0 Å². The number of likely N-dealkylation sites (tertiary alicyclic amines) is 1. The molecule has 33 heavy (non-hydrogen) atoms. The maximum Gasteiger partial charge on any atom is 0.372 e. The average molecular weight is 487 g/mol. The van der Waals surface area contributed by atoms with Crippen LogP contribution in [0.25, 0.3) is 0 Å². The molecule has 1 amide bonds. The zero-order chi connectivity index (χ0) is 23.4. The number of hydrogen-bond donors (Lipinski definition) is 1. The molecule has 2 heterocycles. The van der Waals surface area contributed by atoms with Gasteiger partial charge in [0.15, 0.2) is 0 Å². The summed E-state index contributed by atoms with van der Waals surface area (Å²) in [4.78, 5) is 14.5. The highest BCUT2D eigenvalue weighted by Crippen LogP contribution is 2.35. The van der Waals surface area contributed by atoms with E-state index in [2.05, 4.69) is 4.72 Å². The molecule has 2 unspecified atom stereocenters. The quantitative estimate of drug-likeness (QED) is 0.599. The number of halogens is 2. The molecule has 7 nitrogen and oxygen atoms in total. The van der Waals surface area contributed by atoms with E-state index in [4.69, 9.17) is 9.47 Å². The highest BCUT2D eigenvalue weighted by Gasteiger charge is 2.37. The summed E-state index contributed by atoms with van der Waals surface area (Å²) in [5, 5.41) is 0. The molecule has 3 atom stereocenters. The van der Waals surface area contributed by atoms with Crippen LogP contribution in [0.3, 0.4) is 0 Å². The van der Waals surface area contributed by atoms with Gasteiger partial charge >= 0.3 is 10.4 Å². The Morgan fingerprint density at radius 2 is 1.97 bits per heavy atom. The van der Waals surface area contributed by atoms with Crippen LogP contribution in [0.2, 0.25) is 0 Å². The first-order valence-corrected chi connectivity index (χ1v) is 13.1. The second-order valence-electron chi connectivity index (χ2n) is 9.42. The molecule has 1 saturated carbocycles. The first-order chi connectivity index (χ1) is 15.8. The van der Waals surface area contributed by atoms with E-state index in [1.54, 1.807) is 17.0 Å². The smallest absolute Gasteiger partial charge is 0.372 e. The third kappa shape index (κ3) is 6.71. The second kappa shape index (κ2) is 10.8. The van der Waals surface area contributed by atoms with E-state index in [1.165, 1.54) is 6.07 Å². The molecule has 1 aromatic rings. The Morgan fingerprint density at radius 3 is 2.64 bits per heavy atom. The Bertz CT molecular complexity index is 917. The van der Waals surface area contributed by atoms with Crippen LogP contribution in [0, 0.1) is 17.7 Å². The van der Waals surface area contributed by atoms with E-state index < -0.39 is 16.5 Å². The molecule has 0 spiro atoms. The Kier molecular flexibility index (Phi) is 7.99. The molecular weight excluding hydrogens is 454 g/mol. The fourth-order valence-electron chi connectivity index (χ4n) is 5.31. The number of nitrogens with one attached hydrogen (secondary N) is 1. The molecular formula is C23H32F2N2O5S. The molecule has 2 aliphatic heterocycles. The predicted molar refractivity (Wildman–Crippen MR) is 118 cm³/mol. The van der Waals surface area contributed by atoms with Gasteiger partial charge in [-0.2, -0.15) is 13.1 Å². The van der Waals surface area contributed by atoms with Gasteiger partial charge in [-0.3, -0.25) is 4.79 Å². The standard InChI is InChI=1S/C23H32F2N2O5S/c24-20-3-1-2-17(12-20)16-4-6-21(7-5-16)32-15-19-13-27(23(28)18-9-11-31-14-18)10-8-22(19)26-33(25,29)30/h1-3,12,16,18-19,21-22,26H,4-11,13-15H2/t16-,18-,19?,21+,22?/m1/s1. The van der Waals surface area contributed by atoms with Crippen LogP contribution < -0.4 is 4.72 Å². The van der Waals surface area contributed by atoms with E-state index in [-0.39, 0.29) is 36.3 Å². The average Bonchev–Trinajstić information content (AvgIpc) is 3.32. The number of carbonyl (C=O) groups is 1. The summed E-state index contributed by atoms with van der Waals surface area (Å²) in [6.07, 6.45) is 4.42. The summed E-state index contributed by atoms with van der Waals surface area (Å²) < 4.78 is 62.9. The Hall–Kier alpha value is -1.62. The number of carbonyl (C=O) groups excluding carboxylic acids is 1. The predicted octanol–water partition coefficient (Wildman–Crippen LogP) is 2.93. The maximum atomic E-state index is 13.5. The van der Waals surface area contributed by atoms with Crippen LogP contribution in [0.15, 0.2) is 24.3 Å². The molecule has 0 aromatic heterocycles. The fraction of sp³-hybridized carbons (Fsp3) is 0.696. The van der Waals surface area contributed by atoms with Crippen molar-refractivity contribution in [2.45, 2.75) is 56.6 Å². The summed E-state index contributed by atoms with van der Waals surface area (Å²) in [5.74, 6) is -0.430. The third-order valence-electron chi connectivity index (χ3n) is 7.16. The van der Waals surface area contributed by atoms with Gasteiger partial charge in [0, 0.05) is 31.7 Å². The van der Waals surface area contributed by atoms with Gasteiger partial charge in [0.1, 0.15) is 5.82 Å². The highest BCUT2D eigenvalue weighted by molar-refractivity contribution is 7.84. The summed E-state index contributed by atoms with van der Waals surface area (Å²) >= 11 is 0. The summed E-state index contributed by atoms with van der Waals surface area (Å²) in [6, 6.07) is 6.09. The molecule has 1 aliphatic carbocycles. The number of hydrogen-bond acceptors (Lipinski definition) is 5. The highest BCUT2D eigenvalue weighted by atomic mass is 32.3. The molecule has 4 rings (SSSR count). The lowest BCUT2D eigenvalue weighted by Crippen LogP contribution is -2.54. The molecule has 10 heteroatoms. The van der Waals surface area contributed by atoms with Gasteiger partial charge in [-0.15, -0.1) is 0 Å². The first kappa shape index (κ1) is 24.5. The molecule has 0 radical (unpaired) electrons. The Labute approximate surface area is 194 Å². The summed E-state index contributed by atoms with van der Waals surface area (Å²) in [7, 11) is -4.85. The van der Waals surface area contributed by atoms with Crippen LogP contribution in [0.5, 0.6) is 0 Å². The number of nitrogens with zero attached hydrogens (tertiary/aromatic N) is 1. The van der Waals surface area contributed by atoms with Gasteiger partial charge in [-0.05, 0) is 62.1 Å². The molecule has 1 N–H and O–H groups in total. The lowest BCUT2D eigenvalue weighted by atomic mass is 9.82. The van der Waals surface area contributed by atoms with Crippen LogP contribution in [0.4, 0.5) is 8.28 Å².